The van der Waals surface area contributed by atoms with E-state index in [1.165, 1.54) is 6.07 Å². The third-order valence-electron chi connectivity index (χ3n) is 6.77. The van der Waals surface area contributed by atoms with E-state index in [-0.39, 0.29) is 23.5 Å². The lowest BCUT2D eigenvalue weighted by Gasteiger charge is -2.17. The molecule has 0 spiro atoms. The first kappa shape index (κ1) is 26.0. The van der Waals surface area contributed by atoms with Crippen LogP contribution in [0.1, 0.15) is 52.0 Å². The molecule has 198 valence electrons. The summed E-state index contributed by atoms with van der Waals surface area (Å²) in [5, 5.41) is 6.13. The minimum absolute atomic E-state index is 0.0986. The van der Waals surface area contributed by atoms with Crippen molar-refractivity contribution in [3.63, 3.8) is 0 Å². The molecule has 2 aliphatic rings. The number of hydrogen-bond donors (Lipinski definition) is 2. The molecule has 0 radical (unpaired) electrons. The number of ether oxygens (including phenoxy) is 1. The van der Waals surface area contributed by atoms with Gasteiger partial charge >= 0.3 is 0 Å². The minimum atomic E-state index is -0.307. The van der Waals surface area contributed by atoms with Crippen LogP contribution in [0.15, 0.2) is 77.6 Å². The summed E-state index contributed by atoms with van der Waals surface area (Å²) >= 11 is 0. The summed E-state index contributed by atoms with van der Waals surface area (Å²) in [6.45, 7) is 4.30. The average molecular weight is 525 g/mol. The Morgan fingerprint density at radius 2 is 2.08 bits per heavy atom. The highest BCUT2D eigenvalue weighted by atomic mass is 19.1. The summed E-state index contributed by atoms with van der Waals surface area (Å²) in [6.07, 6.45) is 8.25. The number of halogens is 1. The van der Waals surface area contributed by atoms with Gasteiger partial charge in [0.15, 0.2) is 5.78 Å². The number of carbonyl (C=O) groups is 2. The van der Waals surface area contributed by atoms with E-state index in [0.29, 0.717) is 42.3 Å². The molecule has 2 N–H and O–H groups in total. The molecule has 3 aromatic rings. The third kappa shape index (κ3) is 5.95. The smallest absolute Gasteiger partial charge is 0.255 e. The number of hydrogen-bond acceptors (Lipinski definition) is 6. The van der Waals surface area contributed by atoms with Crippen LogP contribution in [0, 0.1) is 12.7 Å². The molecule has 2 aromatic carbocycles. The number of allylic oxidation sites excluding steroid dienone is 3. The van der Waals surface area contributed by atoms with Gasteiger partial charge in [-0.1, -0.05) is 18.2 Å². The lowest BCUT2D eigenvalue weighted by molar-refractivity contribution is -0.112. The largest absolute Gasteiger partial charge is 0.492 e. The Morgan fingerprint density at radius 3 is 2.87 bits per heavy atom. The summed E-state index contributed by atoms with van der Waals surface area (Å²) in [6, 6.07) is 13.6. The number of Topliss-reactive ketones (excluding diaryl/α,β-unsaturated/α-hetero) is 1. The molecule has 0 bridgehead atoms. The fourth-order valence-electron chi connectivity index (χ4n) is 4.65. The van der Waals surface area contributed by atoms with Gasteiger partial charge in [0.25, 0.3) is 5.91 Å². The van der Waals surface area contributed by atoms with Crippen LogP contribution in [-0.4, -0.2) is 36.0 Å². The van der Waals surface area contributed by atoms with Crippen molar-refractivity contribution >= 4 is 29.3 Å². The summed E-state index contributed by atoms with van der Waals surface area (Å²) < 4.78 is 19.5. The molecule has 1 aromatic heterocycles. The molecule has 0 fully saturated rings. The first-order valence-electron chi connectivity index (χ1n) is 12.9. The molecule has 39 heavy (non-hydrogen) atoms. The van der Waals surface area contributed by atoms with E-state index < -0.39 is 0 Å². The van der Waals surface area contributed by atoms with Crippen LogP contribution in [0.4, 0.5) is 10.2 Å². The van der Waals surface area contributed by atoms with Gasteiger partial charge in [0.2, 0.25) is 0 Å². The second-order valence-electron chi connectivity index (χ2n) is 9.60. The van der Waals surface area contributed by atoms with Gasteiger partial charge in [0.05, 0.1) is 18.2 Å². The summed E-state index contributed by atoms with van der Waals surface area (Å²) in [7, 11) is 0. The van der Waals surface area contributed by atoms with Gasteiger partial charge < -0.3 is 15.4 Å². The van der Waals surface area contributed by atoms with Crippen molar-refractivity contribution in [3.05, 3.63) is 106 Å². The Hall–Kier alpha value is -4.59. The second kappa shape index (κ2) is 11.4. The molecule has 8 heteroatoms. The van der Waals surface area contributed by atoms with Crippen molar-refractivity contribution in [2.24, 2.45) is 4.99 Å². The number of aryl methyl sites for hydroxylation is 1. The predicted octanol–water partition coefficient (Wildman–Crippen LogP) is 5.38. The van der Waals surface area contributed by atoms with Crippen molar-refractivity contribution in [1.29, 1.82) is 0 Å². The van der Waals surface area contributed by atoms with Crippen LogP contribution >= 0.6 is 0 Å². The standard InChI is InChI=1S/C31H29FN4O3/c1-19-14-22(5-8-28(19)32)20(2)36-31(38)26-4-3-10-34-30(26)35-12-13-39-24-6-7-25-23(16-24)17-29(37)27(25)15-21-9-11-33-18-21/h3-8,10-11,14-16,18,20H,9,12-13,17H2,1-2H3,(H,34,35)(H,36,38)/b27-15-/t20-/m0/s1. The van der Waals surface area contributed by atoms with Gasteiger partial charge in [0, 0.05) is 37.0 Å². The molecular formula is C31H29FN4O3. The van der Waals surface area contributed by atoms with Crippen molar-refractivity contribution < 1.29 is 18.7 Å². The highest BCUT2D eigenvalue weighted by molar-refractivity contribution is 6.26. The van der Waals surface area contributed by atoms with E-state index in [2.05, 4.69) is 20.6 Å². The number of aliphatic imine (C=N–C) groups is 1. The quantitative estimate of drug-likeness (QED) is 0.290. The zero-order valence-corrected chi connectivity index (χ0v) is 21.8. The average Bonchev–Trinajstić information content (AvgIpc) is 3.55. The van der Waals surface area contributed by atoms with E-state index in [1.807, 2.05) is 37.4 Å². The Balaban J connectivity index is 1.17. The van der Waals surface area contributed by atoms with Gasteiger partial charge in [-0.25, -0.2) is 9.37 Å². The molecule has 1 amide bonds. The maximum Gasteiger partial charge on any atom is 0.255 e. The number of benzene rings is 2. The van der Waals surface area contributed by atoms with Crippen molar-refractivity contribution in [3.8, 4) is 5.75 Å². The number of fused-ring (bicyclic) bond motifs is 1. The third-order valence-corrected chi connectivity index (χ3v) is 6.77. The Labute approximate surface area is 226 Å². The topological polar surface area (TPSA) is 92.7 Å². The van der Waals surface area contributed by atoms with E-state index >= 15 is 0 Å². The number of anilines is 1. The Kier molecular flexibility index (Phi) is 7.63. The zero-order valence-electron chi connectivity index (χ0n) is 21.8. The second-order valence-corrected chi connectivity index (χ2v) is 9.60. The van der Waals surface area contributed by atoms with Crippen molar-refractivity contribution in [2.75, 3.05) is 18.5 Å². The molecule has 1 atom stereocenters. The predicted molar refractivity (Wildman–Crippen MR) is 150 cm³/mol. The molecular weight excluding hydrogens is 495 g/mol. The van der Waals surface area contributed by atoms with Crippen LogP contribution in [0.2, 0.25) is 0 Å². The van der Waals surface area contributed by atoms with Crippen LogP contribution in [0.25, 0.3) is 5.57 Å². The molecule has 7 nitrogen and oxygen atoms in total. The number of nitrogens with zero attached hydrogens (tertiary/aromatic N) is 2. The molecule has 0 unspecified atom stereocenters. The first-order valence-corrected chi connectivity index (χ1v) is 12.9. The number of pyridine rings is 1. The number of ketones is 1. The summed E-state index contributed by atoms with van der Waals surface area (Å²) in [5.74, 6) is 0.659. The molecule has 2 heterocycles. The van der Waals surface area contributed by atoms with Crippen LogP contribution in [0.3, 0.4) is 0 Å². The Bertz CT molecular complexity index is 1530. The first-order chi connectivity index (χ1) is 18.9. The fourth-order valence-corrected chi connectivity index (χ4v) is 4.65. The van der Waals surface area contributed by atoms with E-state index in [1.54, 1.807) is 43.6 Å². The van der Waals surface area contributed by atoms with E-state index in [0.717, 1.165) is 34.3 Å². The molecule has 1 aliphatic heterocycles. The highest BCUT2D eigenvalue weighted by Gasteiger charge is 2.25. The van der Waals surface area contributed by atoms with Gasteiger partial charge in [-0.15, -0.1) is 0 Å². The maximum absolute atomic E-state index is 13.6. The molecule has 0 saturated carbocycles. The summed E-state index contributed by atoms with van der Waals surface area (Å²) in [4.78, 5) is 34.0. The molecule has 1 aliphatic carbocycles. The van der Waals surface area contributed by atoms with E-state index in [9.17, 15) is 14.0 Å². The number of carbonyl (C=O) groups excluding carboxylic acids is 2. The number of nitrogens with one attached hydrogen (secondary N) is 2. The van der Waals surface area contributed by atoms with Gasteiger partial charge in [0.1, 0.15) is 24.0 Å². The zero-order chi connectivity index (χ0) is 27.4. The summed E-state index contributed by atoms with van der Waals surface area (Å²) in [5.41, 5.74) is 5.39. The van der Waals surface area contributed by atoms with Gasteiger partial charge in [-0.05, 0) is 78.1 Å². The number of rotatable bonds is 9. The SMILES string of the molecule is Cc1cc([C@H](C)NC(=O)c2cccnc2NCCOc2ccc3c(c2)CC(=O)/C3=C\C2=CN=CC2)ccc1F. The molecule has 5 rings (SSSR count). The van der Waals surface area contributed by atoms with Crippen LogP contribution < -0.4 is 15.4 Å². The van der Waals surface area contributed by atoms with E-state index in [4.69, 9.17) is 4.74 Å². The maximum atomic E-state index is 13.6. The van der Waals surface area contributed by atoms with Crippen LogP contribution in [0.5, 0.6) is 5.75 Å². The number of aromatic nitrogens is 1. The van der Waals surface area contributed by atoms with Crippen LogP contribution in [-0.2, 0) is 11.2 Å². The highest BCUT2D eigenvalue weighted by Crippen LogP contribution is 2.33. The monoisotopic (exact) mass is 524 g/mol. The molecule has 0 saturated heterocycles. The fraction of sp³-hybridized carbons (Fsp3) is 0.226. The normalized spacial score (nSPS) is 15.7. The van der Waals surface area contributed by atoms with Crippen molar-refractivity contribution in [2.45, 2.75) is 32.7 Å². The number of amides is 1. The Morgan fingerprint density at radius 1 is 1.21 bits per heavy atom. The van der Waals surface area contributed by atoms with Gasteiger partial charge in [-0.2, -0.15) is 0 Å². The minimum Gasteiger partial charge on any atom is -0.492 e. The van der Waals surface area contributed by atoms with Gasteiger partial charge in [-0.3, -0.25) is 14.6 Å². The lowest BCUT2D eigenvalue weighted by atomic mass is 10.0. The lowest BCUT2D eigenvalue weighted by Crippen LogP contribution is -2.28. The van der Waals surface area contributed by atoms with Crippen molar-refractivity contribution in [1.82, 2.24) is 10.3 Å².